The summed E-state index contributed by atoms with van der Waals surface area (Å²) in [5.41, 5.74) is -0.397. The number of ether oxygens (including phenoxy) is 1. The summed E-state index contributed by atoms with van der Waals surface area (Å²) in [6.07, 6.45) is 1.76. The molecule has 2 aliphatic rings. The number of urea groups is 1. The van der Waals surface area contributed by atoms with Crippen LogP contribution in [0.4, 0.5) is 4.79 Å². The Labute approximate surface area is 116 Å². The number of rotatable bonds is 2. The monoisotopic (exact) mass is 288 g/mol. The second kappa shape index (κ2) is 5.58. The average molecular weight is 288 g/mol. The van der Waals surface area contributed by atoms with Gasteiger partial charge < -0.3 is 15.2 Å². The van der Waals surface area contributed by atoms with Gasteiger partial charge in [0, 0.05) is 12.4 Å². The van der Waals surface area contributed by atoms with Crippen molar-refractivity contribution < 1.29 is 19.4 Å². The SMILES string of the molecule is CC1SCC(C(=O)O)N1C(=O)NC1(C)CCCOC1. The zero-order valence-electron chi connectivity index (χ0n) is 11.2. The summed E-state index contributed by atoms with van der Waals surface area (Å²) in [5.74, 6) is -0.506. The number of carbonyl (C=O) groups excluding carboxylic acids is 1. The van der Waals surface area contributed by atoms with Gasteiger partial charge in [-0.25, -0.2) is 9.59 Å². The molecule has 108 valence electrons. The number of thioether (sulfide) groups is 1. The highest BCUT2D eigenvalue weighted by molar-refractivity contribution is 8.00. The van der Waals surface area contributed by atoms with Crippen molar-refractivity contribution in [3.8, 4) is 0 Å². The molecule has 6 nitrogen and oxygen atoms in total. The minimum Gasteiger partial charge on any atom is -0.480 e. The maximum atomic E-state index is 12.3. The molecule has 0 aromatic heterocycles. The summed E-state index contributed by atoms with van der Waals surface area (Å²) in [6.45, 7) is 4.99. The molecule has 2 amide bonds. The lowest BCUT2D eigenvalue weighted by atomic mass is 9.95. The summed E-state index contributed by atoms with van der Waals surface area (Å²) in [4.78, 5) is 24.9. The molecule has 0 radical (unpaired) electrons. The molecule has 2 saturated heterocycles. The number of nitrogens with zero attached hydrogens (tertiary/aromatic N) is 1. The maximum Gasteiger partial charge on any atom is 0.327 e. The predicted molar refractivity (Wildman–Crippen MR) is 72.2 cm³/mol. The van der Waals surface area contributed by atoms with E-state index >= 15 is 0 Å². The third-order valence-corrected chi connectivity index (χ3v) is 4.81. The van der Waals surface area contributed by atoms with Crippen molar-refractivity contribution in [1.29, 1.82) is 0 Å². The van der Waals surface area contributed by atoms with Crippen molar-refractivity contribution in [3.63, 3.8) is 0 Å². The number of carboxylic acids is 1. The molecule has 3 unspecified atom stereocenters. The summed E-state index contributed by atoms with van der Waals surface area (Å²) in [7, 11) is 0. The van der Waals surface area contributed by atoms with Gasteiger partial charge in [0.2, 0.25) is 0 Å². The van der Waals surface area contributed by atoms with E-state index in [0.717, 1.165) is 19.4 Å². The summed E-state index contributed by atoms with van der Waals surface area (Å²) < 4.78 is 5.39. The molecule has 3 atom stereocenters. The molecule has 2 aliphatic heterocycles. The fourth-order valence-corrected chi connectivity index (χ4v) is 3.66. The molecule has 7 heteroatoms. The van der Waals surface area contributed by atoms with Crippen molar-refractivity contribution in [2.45, 2.75) is 43.6 Å². The second-order valence-corrected chi connectivity index (χ2v) is 6.69. The fourth-order valence-electron chi connectivity index (χ4n) is 2.50. The smallest absolute Gasteiger partial charge is 0.327 e. The molecule has 0 saturated carbocycles. The van der Waals surface area contributed by atoms with Crippen LogP contribution in [0.15, 0.2) is 0 Å². The Morgan fingerprint density at radius 2 is 2.26 bits per heavy atom. The number of carboxylic acid groups (broad SMARTS) is 1. The van der Waals surface area contributed by atoms with Crippen molar-refractivity contribution in [2.75, 3.05) is 19.0 Å². The predicted octanol–water partition coefficient (Wildman–Crippen LogP) is 1.11. The number of nitrogens with one attached hydrogen (secondary N) is 1. The van der Waals surface area contributed by atoms with Crippen LogP contribution in [0.3, 0.4) is 0 Å². The van der Waals surface area contributed by atoms with Gasteiger partial charge in [0.1, 0.15) is 6.04 Å². The third-order valence-electron chi connectivity index (χ3n) is 3.59. The number of hydrogen-bond donors (Lipinski definition) is 2. The quantitative estimate of drug-likeness (QED) is 0.796. The molecule has 0 aliphatic carbocycles. The van der Waals surface area contributed by atoms with Crippen molar-refractivity contribution >= 4 is 23.8 Å². The second-order valence-electron chi connectivity index (χ2n) is 5.34. The zero-order chi connectivity index (χ0) is 14.0. The maximum absolute atomic E-state index is 12.3. The molecule has 0 spiro atoms. The lowest BCUT2D eigenvalue weighted by Gasteiger charge is -2.37. The Morgan fingerprint density at radius 1 is 1.53 bits per heavy atom. The first-order valence-electron chi connectivity index (χ1n) is 6.45. The van der Waals surface area contributed by atoms with Gasteiger partial charge in [0.25, 0.3) is 0 Å². The Kier molecular flexibility index (Phi) is 4.25. The molecule has 2 heterocycles. The molecular formula is C12H20N2O4S. The Hall–Kier alpha value is -0.950. The van der Waals surface area contributed by atoms with Gasteiger partial charge >= 0.3 is 12.0 Å². The molecule has 2 rings (SSSR count). The van der Waals surface area contributed by atoms with Gasteiger partial charge in [-0.3, -0.25) is 4.90 Å². The minimum absolute atomic E-state index is 0.116. The van der Waals surface area contributed by atoms with Crippen LogP contribution in [-0.4, -0.2) is 57.9 Å². The van der Waals surface area contributed by atoms with Gasteiger partial charge in [-0.1, -0.05) is 0 Å². The normalized spacial score (nSPS) is 35.2. The molecule has 0 aromatic carbocycles. The Bertz CT molecular complexity index is 371. The number of amides is 2. The molecule has 0 aromatic rings. The number of aliphatic carboxylic acids is 1. The van der Waals surface area contributed by atoms with Crippen molar-refractivity contribution in [3.05, 3.63) is 0 Å². The largest absolute Gasteiger partial charge is 0.480 e. The lowest BCUT2D eigenvalue weighted by Crippen LogP contribution is -2.58. The van der Waals surface area contributed by atoms with Crippen LogP contribution in [0.1, 0.15) is 26.7 Å². The highest BCUT2D eigenvalue weighted by Gasteiger charge is 2.41. The van der Waals surface area contributed by atoms with Crippen LogP contribution >= 0.6 is 11.8 Å². The average Bonchev–Trinajstić information content (AvgIpc) is 2.71. The van der Waals surface area contributed by atoms with Gasteiger partial charge in [-0.05, 0) is 26.7 Å². The highest BCUT2D eigenvalue weighted by Crippen LogP contribution is 2.29. The molecular weight excluding hydrogens is 268 g/mol. The van der Waals surface area contributed by atoms with Gasteiger partial charge in [-0.15, -0.1) is 11.8 Å². The van der Waals surface area contributed by atoms with Crippen LogP contribution < -0.4 is 5.32 Å². The molecule has 19 heavy (non-hydrogen) atoms. The summed E-state index contributed by atoms with van der Waals surface area (Å²) >= 11 is 1.48. The summed E-state index contributed by atoms with van der Waals surface area (Å²) in [6, 6.07) is -1.05. The van der Waals surface area contributed by atoms with E-state index in [9.17, 15) is 9.59 Å². The van der Waals surface area contributed by atoms with E-state index in [4.69, 9.17) is 9.84 Å². The topological polar surface area (TPSA) is 78.9 Å². The first-order chi connectivity index (χ1) is 8.93. The zero-order valence-corrected chi connectivity index (χ0v) is 12.0. The molecule has 2 fully saturated rings. The first-order valence-corrected chi connectivity index (χ1v) is 7.50. The first kappa shape index (κ1) is 14.5. The van der Waals surface area contributed by atoms with E-state index in [1.54, 1.807) is 0 Å². The van der Waals surface area contributed by atoms with Gasteiger partial charge in [-0.2, -0.15) is 0 Å². The highest BCUT2D eigenvalue weighted by atomic mass is 32.2. The van der Waals surface area contributed by atoms with Crippen LogP contribution in [0.2, 0.25) is 0 Å². The fraction of sp³-hybridized carbons (Fsp3) is 0.833. The van der Waals surface area contributed by atoms with Crippen LogP contribution in [-0.2, 0) is 9.53 Å². The van der Waals surface area contributed by atoms with Crippen LogP contribution in [0.25, 0.3) is 0 Å². The van der Waals surface area contributed by atoms with E-state index in [-0.39, 0.29) is 11.4 Å². The van der Waals surface area contributed by atoms with E-state index in [1.165, 1.54) is 16.7 Å². The van der Waals surface area contributed by atoms with E-state index in [1.807, 2.05) is 13.8 Å². The number of carbonyl (C=O) groups is 2. The summed E-state index contributed by atoms with van der Waals surface area (Å²) in [5, 5.41) is 12.0. The molecule has 2 N–H and O–H groups in total. The van der Waals surface area contributed by atoms with E-state index < -0.39 is 17.6 Å². The van der Waals surface area contributed by atoms with Gasteiger partial charge in [0.05, 0.1) is 17.5 Å². The van der Waals surface area contributed by atoms with Crippen molar-refractivity contribution in [2.24, 2.45) is 0 Å². The standard InChI is InChI=1S/C12H20N2O4S/c1-8-14(9(6-19-8)10(15)16)11(17)13-12(2)4-3-5-18-7-12/h8-9H,3-7H2,1-2H3,(H,13,17)(H,15,16). The van der Waals surface area contributed by atoms with Crippen molar-refractivity contribution in [1.82, 2.24) is 10.2 Å². The van der Waals surface area contributed by atoms with E-state index in [2.05, 4.69) is 5.32 Å². The minimum atomic E-state index is -0.947. The Morgan fingerprint density at radius 3 is 2.84 bits per heavy atom. The molecule has 0 bridgehead atoms. The Balaban J connectivity index is 2.03. The van der Waals surface area contributed by atoms with E-state index in [0.29, 0.717) is 12.4 Å². The number of hydrogen-bond acceptors (Lipinski definition) is 4. The third kappa shape index (κ3) is 3.14. The van der Waals surface area contributed by atoms with Crippen LogP contribution in [0, 0.1) is 0 Å². The van der Waals surface area contributed by atoms with Crippen LogP contribution in [0.5, 0.6) is 0 Å². The van der Waals surface area contributed by atoms with Gasteiger partial charge in [0.15, 0.2) is 0 Å². The lowest BCUT2D eigenvalue weighted by molar-refractivity contribution is -0.141.